The van der Waals surface area contributed by atoms with Crippen LogP contribution in [0, 0.1) is 0 Å². The molecule has 0 bridgehead atoms. The molecule has 0 saturated carbocycles. The van der Waals surface area contributed by atoms with E-state index in [0.717, 1.165) is 12.8 Å². The number of nitrogens with zero attached hydrogens (tertiary/aromatic N) is 1. The summed E-state index contributed by atoms with van der Waals surface area (Å²) in [5.41, 5.74) is 8.60. The van der Waals surface area contributed by atoms with E-state index in [1.165, 1.54) is 27.2 Å². The van der Waals surface area contributed by atoms with Gasteiger partial charge in [0.25, 0.3) is 0 Å². The fourth-order valence-electron chi connectivity index (χ4n) is 3.18. The van der Waals surface area contributed by atoms with Crippen LogP contribution >= 0.6 is 0 Å². The molecule has 1 heterocycles. The van der Waals surface area contributed by atoms with Crippen LogP contribution in [0.4, 0.5) is 0 Å². The van der Waals surface area contributed by atoms with Crippen molar-refractivity contribution in [3.8, 4) is 5.69 Å². The van der Waals surface area contributed by atoms with Crippen molar-refractivity contribution >= 4 is 23.1 Å². The predicted octanol–water partition coefficient (Wildman–Crippen LogP) is 2.31. The standard InChI is InChI=1S/C19H18N2/c20-14-10-12-17-16-8-4-5-9-18(16)21(19(17)13-11-14)15-6-2-1-3-7-15/h1-9,12-14H,10-11,20H2. The largest absolute Gasteiger partial charge is 0.327 e. The van der Waals surface area contributed by atoms with Crippen LogP contribution in [-0.4, -0.2) is 10.6 Å². The summed E-state index contributed by atoms with van der Waals surface area (Å²) in [6, 6.07) is 19.4. The minimum Gasteiger partial charge on any atom is -0.327 e. The fourth-order valence-corrected chi connectivity index (χ4v) is 3.18. The van der Waals surface area contributed by atoms with Crippen molar-refractivity contribution in [2.24, 2.45) is 5.73 Å². The molecule has 1 atom stereocenters. The second kappa shape index (κ2) is 4.90. The van der Waals surface area contributed by atoms with Gasteiger partial charge in [-0.05, 0) is 31.0 Å². The predicted molar refractivity (Wildman–Crippen MR) is 88.7 cm³/mol. The van der Waals surface area contributed by atoms with E-state index in [9.17, 15) is 0 Å². The Morgan fingerprint density at radius 3 is 2.43 bits per heavy atom. The average molecular weight is 274 g/mol. The Balaban J connectivity index is 2.17. The monoisotopic (exact) mass is 274 g/mol. The number of aromatic nitrogens is 1. The van der Waals surface area contributed by atoms with Crippen molar-refractivity contribution in [2.75, 3.05) is 0 Å². The first kappa shape index (κ1) is 12.4. The third kappa shape index (κ3) is 1.99. The van der Waals surface area contributed by atoms with Crippen LogP contribution < -0.4 is 16.3 Å². The lowest BCUT2D eigenvalue weighted by Gasteiger charge is -2.07. The van der Waals surface area contributed by atoms with E-state index in [2.05, 4.69) is 71.3 Å². The molecule has 2 heteroatoms. The molecule has 2 N–H and O–H groups in total. The van der Waals surface area contributed by atoms with Crippen molar-refractivity contribution in [2.45, 2.75) is 18.9 Å². The maximum absolute atomic E-state index is 6.13. The maximum Gasteiger partial charge on any atom is 0.0540 e. The van der Waals surface area contributed by atoms with E-state index in [-0.39, 0.29) is 6.04 Å². The summed E-state index contributed by atoms with van der Waals surface area (Å²) in [6.07, 6.45) is 6.45. The zero-order valence-electron chi connectivity index (χ0n) is 11.9. The molecule has 0 spiro atoms. The molecular formula is C19H18N2. The van der Waals surface area contributed by atoms with Crippen molar-refractivity contribution in [3.05, 3.63) is 65.2 Å². The minimum absolute atomic E-state index is 0.223. The van der Waals surface area contributed by atoms with Crippen molar-refractivity contribution in [1.29, 1.82) is 0 Å². The molecule has 0 saturated heterocycles. The summed E-state index contributed by atoms with van der Waals surface area (Å²) in [7, 11) is 0. The molecule has 1 unspecified atom stereocenters. The van der Waals surface area contributed by atoms with Gasteiger partial charge in [0.05, 0.1) is 5.52 Å². The molecular weight excluding hydrogens is 256 g/mol. The summed E-state index contributed by atoms with van der Waals surface area (Å²) in [4.78, 5) is 0. The van der Waals surface area contributed by atoms with Gasteiger partial charge in [-0.3, -0.25) is 0 Å². The normalized spacial score (nSPS) is 17.7. The summed E-state index contributed by atoms with van der Waals surface area (Å²) < 4.78 is 2.35. The Kier molecular flexibility index (Phi) is 2.90. The van der Waals surface area contributed by atoms with Crippen molar-refractivity contribution in [1.82, 2.24) is 4.57 Å². The lowest BCUT2D eigenvalue weighted by Crippen LogP contribution is -2.27. The third-order valence-electron chi connectivity index (χ3n) is 4.21. The van der Waals surface area contributed by atoms with Gasteiger partial charge < -0.3 is 10.3 Å². The van der Waals surface area contributed by atoms with Gasteiger partial charge >= 0.3 is 0 Å². The Labute approximate surface area is 123 Å². The second-order valence-electron chi connectivity index (χ2n) is 5.63. The molecule has 3 aromatic rings. The molecule has 2 nitrogen and oxygen atoms in total. The highest BCUT2D eigenvalue weighted by atomic mass is 15.0. The number of nitrogens with two attached hydrogens (primary N) is 1. The van der Waals surface area contributed by atoms with Gasteiger partial charge in [-0.2, -0.15) is 0 Å². The SMILES string of the molecule is NC1CC=c2c(n(-c3ccccc3)c3ccccc23)=CC1. The van der Waals surface area contributed by atoms with Gasteiger partial charge in [0, 0.05) is 27.7 Å². The van der Waals surface area contributed by atoms with E-state index >= 15 is 0 Å². The van der Waals surface area contributed by atoms with E-state index in [1.54, 1.807) is 0 Å². The fraction of sp³-hybridized carbons (Fsp3) is 0.158. The number of fused-ring (bicyclic) bond motifs is 3. The molecule has 2 aromatic carbocycles. The van der Waals surface area contributed by atoms with Crippen LogP contribution in [0.5, 0.6) is 0 Å². The zero-order chi connectivity index (χ0) is 14.2. The van der Waals surface area contributed by atoms with Gasteiger partial charge in [0.2, 0.25) is 0 Å². The second-order valence-corrected chi connectivity index (χ2v) is 5.63. The van der Waals surface area contributed by atoms with Crippen LogP contribution in [0.3, 0.4) is 0 Å². The summed E-state index contributed by atoms with van der Waals surface area (Å²) >= 11 is 0. The summed E-state index contributed by atoms with van der Waals surface area (Å²) in [5, 5.41) is 3.90. The number of hydrogen-bond donors (Lipinski definition) is 1. The zero-order valence-corrected chi connectivity index (χ0v) is 11.9. The van der Waals surface area contributed by atoms with Crippen LogP contribution in [0.1, 0.15) is 12.8 Å². The average Bonchev–Trinajstić information content (AvgIpc) is 2.72. The van der Waals surface area contributed by atoms with Crippen molar-refractivity contribution in [3.63, 3.8) is 0 Å². The first-order valence-corrected chi connectivity index (χ1v) is 7.45. The van der Waals surface area contributed by atoms with Gasteiger partial charge in [-0.1, -0.05) is 48.6 Å². The molecule has 0 fully saturated rings. The van der Waals surface area contributed by atoms with Crippen LogP contribution in [0.2, 0.25) is 0 Å². The van der Waals surface area contributed by atoms with Gasteiger partial charge in [0.1, 0.15) is 0 Å². The smallest absolute Gasteiger partial charge is 0.0540 e. The molecule has 1 aromatic heterocycles. The number of para-hydroxylation sites is 2. The Hall–Kier alpha value is -2.32. The number of rotatable bonds is 1. The molecule has 104 valence electrons. The molecule has 4 rings (SSSR count). The van der Waals surface area contributed by atoms with Gasteiger partial charge in [0.15, 0.2) is 0 Å². The molecule has 0 radical (unpaired) electrons. The Morgan fingerprint density at radius 1 is 0.857 bits per heavy atom. The van der Waals surface area contributed by atoms with E-state index in [0.29, 0.717) is 0 Å². The van der Waals surface area contributed by atoms with Gasteiger partial charge in [-0.25, -0.2) is 0 Å². The van der Waals surface area contributed by atoms with Crippen molar-refractivity contribution < 1.29 is 0 Å². The maximum atomic E-state index is 6.13. The molecule has 0 aliphatic heterocycles. The van der Waals surface area contributed by atoms with Gasteiger partial charge in [-0.15, -0.1) is 0 Å². The summed E-state index contributed by atoms with van der Waals surface area (Å²) in [6.45, 7) is 0. The third-order valence-corrected chi connectivity index (χ3v) is 4.21. The molecule has 1 aliphatic rings. The van der Waals surface area contributed by atoms with Crippen LogP contribution in [-0.2, 0) is 0 Å². The lowest BCUT2D eigenvalue weighted by atomic mass is 10.1. The lowest BCUT2D eigenvalue weighted by molar-refractivity contribution is 0.729. The highest BCUT2D eigenvalue weighted by Gasteiger charge is 2.11. The van der Waals surface area contributed by atoms with E-state index in [1.807, 2.05) is 0 Å². The first-order valence-electron chi connectivity index (χ1n) is 7.45. The Bertz CT molecular complexity index is 904. The molecule has 21 heavy (non-hydrogen) atoms. The number of hydrogen-bond acceptors (Lipinski definition) is 1. The first-order chi connectivity index (χ1) is 10.3. The molecule has 1 aliphatic carbocycles. The quantitative estimate of drug-likeness (QED) is 0.725. The Morgan fingerprint density at radius 2 is 1.57 bits per heavy atom. The minimum atomic E-state index is 0.223. The topological polar surface area (TPSA) is 30.9 Å². The van der Waals surface area contributed by atoms with Crippen LogP contribution in [0.15, 0.2) is 54.6 Å². The number of benzene rings is 2. The van der Waals surface area contributed by atoms with E-state index in [4.69, 9.17) is 5.73 Å². The highest BCUT2D eigenvalue weighted by Crippen LogP contribution is 2.15. The van der Waals surface area contributed by atoms with E-state index < -0.39 is 0 Å². The highest BCUT2D eigenvalue weighted by molar-refractivity contribution is 5.84. The molecule has 0 amide bonds. The summed E-state index contributed by atoms with van der Waals surface area (Å²) in [5.74, 6) is 0. The van der Waals surface area contributed by atoms with Crippen LogP contribution in [0.25, 0.3) is 28.7 Å².